The molecule has 1 aromatic rings. The third-order valence-corrected chi connectivity index (χ3v) is 2.50. The summed E-state index contributed by atoms with van der Waals surface area (Å²) in [4.78, 5) is 0. The smallest absolute Gasteiger partial charge is 0.117 e. The maximum Gasteiger partial charge on any atom is 0.117 e. The number of halogens is 2. The van der Waals surface area contributed by atoms with Gasteiger partial charge in [0, 0.05) is 17.6 Å². The lowest BCUT2D eigenvalue weighted by molar-refractivity contribution is 0.163. The lowest BCUT2D eigenvalue weighted by Gasteiger charge is -2.23. The van der Waals surface area contributed by atoms with E-state index in [1.807, 2.05) is 20.8 Å². The zero-order valence-corrected chi connectivity index (χ0v) is 11.8. The Morgan fingerprint density at radius 1 is 1.35 bits per heavy atom. The number of nitrogens with one attached hydrogen (secondary N) is 1. The Bertz CT molecular complexity index is 364. The topological polar surface area (TPSA) is 52.5 Å². The van der Waals surface area contributed by atoms with Crippen molar-refractivity contribution in [2.75, 3.05) is 6.54 Å². The molecule has 5 heteroatoms. The van der Waals surface area contributed by atoms with Crippen LogP contribution in [0.15, 0.2) is 18.2 Å². The Morgan fingerprint density at radius 3 is 2.41 bits per heavy atom. The van der Waals surface area contributed by atoms with Gasteiger partial charge in [-0.1, -0.05) is 17.7 Å². The van der Waals surface area contributed by atoms with Crippen LogP contribution < -0.4 is 5.32 Å². The first-order chi connectivity index (χ1) is 7.29. The van der Waals surface area contributed by atoms with Gasteiger partial charge in [0.15, 0.2) is 0 Å². The molecule has 0 heterocycles. The Labute approximate surface area is 113 Å². The molecular weight excluding hydrogens is 261 g/mol. The first kappa shape index (κ1) is 16.5. The Balaban J connectivity index is 0.00000256. The first-order valence-corrected chi connectivity index (χ1v) is 5.59. The van der Waals surface area contributed by atoms with Crippen molar-refractivity contribution in [1.29, 1.82) is 0 Å². The SMILES string of the molecule is CC(C)(C)NCC(O)c1ccc(O)cc1Cl.Cl. The number of phenols is 1. The number of rotatable bonds is 3. The van der Waals surface area contributed by atoms with Gasteiger partial charge in [-0.3, -0.25) is 0 Å². The van der Waals surface area contributed by atoms with Crippen LogP contribution in [0.2, 0.25) is 5.02 Å². The molecule has 0 fully saturated rings. The van der Waals surface area contributed by atoms with Crippen LogP contribution in [0.3, 0.4) is 0 Å². The molecule has 1 rings (SSSR count). The second kappa shape index (κ2) is 6.45. The lowest BCUT2D eigenvalue weighted by atomic mass is 10.1. The molecule has 98 valence electrons. The van der Waals surface area contributed by atoms with Crippen LogP contribution in [0.4, 0.5) is 0 Å². The zero-order chi connectivity index (χ0) is 12.3. The fourth-order valence-electron chi connectivity index (χ4n) is 1.30. The minimum absolute atomic E-state index is 0. The summed E-state index contributed by atoms with van der Waals surface area (Å²) in [6.45, 7) is 6.50. The maximum absolute atomic E-state index is 9.93. The van der Waals surface area contributed by atoms with Gasteiger partial charge in [0.2, 0.25) is 0 Å². The molecule has 17 heavy (non-hydrogen) atoms. The number of hydrogen-bond acceptors (Lipinski definition) is 3. The predicted molar refractivity (Wildman–Crippen MR) is 73.1 cm³/mol. The molecule has 0 saturated carbocycles. The van der Waals surface area contributed by atoms with Crippen molar-refractivity contribution in [3.05, 3.63) is 28.8 Å². The third kappa shape index (κ3) is 5.59. The van der Waals surface area contributed by atoms with E-state index in [0.29, 0.717) is 17.1 Å². The average molecular weight is 280 g/mol. The van der Waals surface area contributed by atoms with Crippen molar-refractivity contribution in [2.45, 2.75) is 32.4 Å². The first-order valence-electron chi connectivity index (χ1n) is 5.21. The maximum atomic E-state index is 9.93. The van der Waals surface area contributed by atoms with Gasteiger partial charge < -0.3 is 15.5 Å². The molecule has 0 aromatic heterocycles. The minimum atomic E-state index is -0.674. The van der Waals surface area contributed by atoms with Crippen LogP contribution in [-0.2, 0) is 0 Å². The fraction of sp³-hybridized carbons (Fsp3) is 0.500. The Hall–Kier alpha value is -0.480. The van der Waals surface area contributed by atoms with E-state index >= 15 is 0 Å². The van der Waals surface area contributed by atoms with Crippen molar-refractivity contribution >= 4 is 24.0 Å². The highest BCUT2D eigenvalue weighted by Crippen LogP contribution is 2.26. The molecule has 0 amide bonds. The summed E-state index contributed by atoms with van der Waals surface area (Å²) in [5.74, 6) is 0.102. The molecule has 3 nitrogen and oxygen atoms in total. The Kier molecular flexibility index (Phi) is 6.27. The van der Waals surface area contributed by atoms with Gasteiger partial charge >= 0.3 is 0 Å². The van der Waals surface area contributed by atoms with Gasteiger partial charge in [-0.2, -0.15) is 0 Å². The van der Waals surface area contributed by atoms with Gasteiger partial charge in [0.25, 0.3) is 0 Å². The molecule has 0 saturated heterocycles. The van der Waals surface area contributed by atoms with Crippen molar-refractivity contribution in [2.24, 2.45) is 0 Å². The highest BCUT2D eigenvalue weighted by Gasteiger charge is 2.15. The number of benzene rings is 1. The molecule has 1 atom stereocenters. The molecule has 0 aliphatic heterocycles. The van der Waals surface area contributed by atoms with E-state index in [1.54, 1.807) is 6.07 Å². The van der Waals surface area contributed by atoms with Crippen molar-refractivity contribution in [3.8, 4) is 5.75 Å². The average Bonchev–Trinajstić information content (AvgIpc) is 2.13. The summed E-state index contributed by atoms with van der Waals surface area (Å²) < 4.78 is 0. The van der Waals surface area contributed by atoms with Gasteiger partial charge in [0.1, 0.15) is 5.75 Å². The summed E-state index contributed by atoms with van der Waals surface area (Å²) in [5.41, 5.74) is 0.570. The molecule has 3 N–H and O–H groups in total. The van der Waals surface area contributed by atoms with Gasteiger partial charge in [-0.25, -0.2) is 0 Å². The molecule has 0 bridgehead atoms. The number of β-amino-alcohol motifs (C(OH)–C–C–N with tert-alkyl or cyclic N) is 1. The molecule has 0 aliphatic rings. The van der Waals surface area contributed by atoms with Crippen LogP contribution in [0, 0.1) is 0 Å². The zero-order valence-electron chi connectivity index (χ0n) is 10.2. The second-order valence-electron chi connectivity index (χ2n) is 4.85. The third-order valence-electron chi connectivity index (χ3n) is 2.17. The predicted octanol–water partition coefficient (Wildman–Crippen LogP) is 2.89. The summed E-state index contributed by atoms with van der Waals surface area (Å²) >= 11 is 5.93. The molecule has 1 aromatic carbocycles. The van der Waals surface area contributed by atoms with E-state index in [9.17, 15) is 10.2 Å². The van der Waals surface area contributed by atoms with Gasteiger partial charge in [0.05, 0.1) is 11.1 Å². The Morgan fingerprint density at radius 2 is 1.94 bits per heavy atom. The molecule has 0 radical (unpaired) electrons. The standard InChI is InChI=1S/C12H18ClNO2.ClH/c1-12(2,3)14-7-11(16)9-5-4-8(15)6-10(9)13;/h4-6,11,14-16H,7H2,1-3H3;1H. The van der Waals surface area contributed by atoms with Crippen molar-refractivity contribution < 1.29 is 10.2 Å². The van der Waals surface area contributed by atoms with Gasteiger partial charge in [-0.05, 0) is 32.9 Å². The summed E-state index contributed by atoms with van der Waals surface area (Å²) in [6.07, 6.45) is -0.674. The highest BCUT2D eigenvalue weighted by molar-refractivity contribution is 6.31. The number of hydrogen-bond donors (Lipinski definition) is 3. The minimum Gasteiger partial charge on any atom is -0.508 e. The fourth-order valence-corrected chi connectivity index (χ4v) is 1.60. The second-order valence-corrected chi connectivity index (χ2v) is 5.26. The van der Waals surface area contributed by atoms with Gasteiger partial charge in [-0.15, -0.1) is 12.4 Å². The van der Waals surface area contributed by atoms with Crippen molar-refractivity contribution in [1.82, 2.24) is 5.32 Å². The van der Waals surface area contributed by atoms with E-state index in [1.165, 1.54) is 12.1 Å². The van der Waals surface area contributed by atoms with Crippen LogP contribution in [0.5, 0.6) is 5.75 Å². The van der Waals surface area contributed by atoms with Crippen LogP contribution >= 0.6 is 24.0 Å². The number of phenolic OH excluding ortho intramolecular Hbond substituents is 1. The largest absolute Gasteiger partial charge is 0.508 e. The molecule has 0 spiro atoms. The molecular formula is C12H19Cl2NO2. The van der Waals surface area contributed by atoms with E-state index in [-0.39, 0.29) is 23.7 Å². The summed E-state index contributed by atoms with van der Waals surface area (Å²) in [7, 11) is 0. The van der Waals surface area contributed by atoms with Crippen LogP contribution in [-0.4, -0.2) is 22.3 Å². The van der Waals surface area contributed by atoms with Crippen molar-refractivity contribution in [3.63, 3.8) is 0 Å². The van der Waals surface area contributed by atoms with E-state index < -0.39 is 6.10 Å². The van der Waals surface area contributed by atoms with Crippen LogP contribution in [0.25, 0.3) is 0 Å². The van der Waals surface area contributed by atoms with E-state index in [0.717, 1.165) is 0 Å². The highest BCUT2D eigenvalue weighted by atomic mass is 35.5. The number of aliphatic hydroxyl groups is 1. The molecule has 1 unspecified atom stereocenters. The number of aromatic hydroxyl groups is 1. The summed E-state index contributed by atoms with van der Waals surface area (Å²) in [6, 6.07) is 4.57. The summed E-state index contributed by atoms with van der Waals surface area (Å²) in [5, 5.41) is 22.7. The molecule has 0 aliphatic carbocycles. The van der Waals surface area contributed by atoms with E-state index in [4.69, 9.17) is 11.6 Å². The van der Waals surface area contributed by atoms with E-state index in [2.05, 4.69) is 5.32 Å². The quantitative estimate of drug-likeness (QED) is 0.798. The lowest BCUT2D eigenvalue weighted by Crippen LogP contribution is -2.38. The normalized spacial score (nSPS) is 13.0. The monoisotopic (exact) mass is 279 g/mol. The van der Waals surface area contributed by atoms with Crippen LogP contribution in [0.1, 0.15) is 32.4 Å². The number of aliphatic hydroxyl groups excluding tert-OH is 1.